The van der Waals surface area contributed by atoms with Crippen molar-refractivity contribution in [2.24, 2.45) is 0 Å². The summed E-state index contributed by atoms with van der Waals surface area (Å²) in [5.41, 5.74) is 0. The van der Waals surface area contributed by atoms with Gasteiger partial charge in [-0.1, -0.05) is 156 Å². The molecular weight excluding hydrogens is 558 g/mol. The summed E-state index contributed by atoms with van der Waals surface area (Å²) in [6.45, 7) is 9.17. The molecule has 0 rings (SSSR count). The normalized spacial score (nSPS) is 9.54. The van der Waals surface area contributed by atoms with Gasteiger partial charge < -0.3 is 21.9 Å². The third-order valence-corrected chi connectivity index (χ3v) is 9.66. The van der Waals surface area contributed by atoms with Gasteiger partial charge in [-0.3, -0.25) is 0 Å². The molecule has 0 unspecified atom stereocenters. The molecule has 0 amide bonds. The van der Waals surface area contributed by atoms with Crippen molar-refractivity contribution in [3.05, 3.63) is 0 Å². The Labute approximate surface area is 266 Å². The molecule has 0 heterocycles. The van der Waals surface area contributed by atoms with Crippen LogP contribution < -0.4 is 0 Å². The second-order valence-corrected chi connectivity index (χ2v) is 13.6. The third kappa shape index (κ3) is 63.8. The zero-order chi connectivity index (χ0) is 25.2. The Morgan fingerprint density at radius 2 is 0.410 bits per heavy atom. The van der Waals surface area contributed by atoms with Gasteiger partial charge in [0.15, 0.2) is 0 Å². The van der Waals surface area contributed by atoms with Crippen molar-refractivity contribution < 1.29 is 43.6 Å². The van der Waals surface area contributed by atoms with Crippen molar-refractivity contribution in [3.8, 4) is 0 Å². The van der Waals surface area contributed by atoms with Crippen molar-refractivity contribution >= 4 is 17.2 Å². The number of hydrogen-bond donors (Lipinski definition) is 0. The van der Waals surface area contributed by atoms with Gasteiger partial charge in [-0.15, -0.1) is 17.2 Å². The smallest absolute Gasteiger partial charge is 0 e. The Hall–Kier alpha value is 1.41. The van der Waals surface area contributed by atoms with Gasteiger partial charge in [0.25, 0.3) is 0 Å². The van der Waals surface area contributed by atoms with E-state index in [9.17, 15) is 0 Å². The summed E-state index contributed by atoms with van der Waals surface area (Å²) in [6.07, 6.45) is 41.1. The second-order valence-electron chi connectivity index (χ2n) is 10.6. The van der Waals surface area contributed by atoms with E-state index in [2.05, 4.69) is 27.7 Å². The molecule has 0 aliphatic heterocycles. The molecule has 0 atom stereocenters. The monoisotopic (exact) mass is 636 g/mol. The molecule has 0 aliphatic carbocycles. The fourth-order valence-corrected chi connectivity index (χ4v) is 6.87. The molecule has 0 saturated heterocycles. The van der Waals surface area contributed by atoms with Crippen LogP contribution in [-0.2, 0) is 21.7 Å². The average Bonchev–Trinajstić information content (AvgIpc) is 2.85. The van der Waals surface area contributed by atoms with E-state index in [0.717, 1.165) is 0 Å². The van der Waals surface area contributed by atoms with Crippen LogP contribution in [0.1, 0.15) is 182 Å². The molecule has 0 spiro atoms. The molecule has 0 saturated carbocycles. The van der Waals surface area contributed by atoms with Gasteiger partial charge in [0.1, 0.15) is 0 Å². The molecule has 0 aromatic rings. The molecule has 4 nitrogen and oxygen atoms in total. The Balaban J connectivity index is -0.0000000931. The van der Waals surface area contributed by atoms with Crippen LogP contribution in [0.5, 0.6) is 0 Å². The zero-order valence-electron chi connectivity index (χ0n) is 27.3. The summed E-state index contributed by atoms with van der Waals surface area (Å²) in [5, 5.41) is 0. The minimum atomic E-state index is 0. The standard InChI is InChI=1S/2C16H35P.4H2O.Ti/c2*1-3-5-7-9-11-13-15-17-16-14-12-10-8-6-4-2;;;;;/h2*17H,3-16H2,1-2H3;4*1H2;. The van der Waals surface area contributed by atoms with Crippen LogP contribution in [0.2, 0.25) is 0 Å². The van der Waals surface area contributed by atoms with Crippen LogP contribution >= 0.6 is 17.2 Å². The van der Waals surface area contributed by atoms with Gasteiger partial charge in [0.2, 0.25) is 0 Å². The largest absolute Gasteiger partial charge is 0.412 e. The SMILES string of the molecule is CCCCCCCCPCCCCCCCC.CCCCCCCCPCCCCCCCC.O.O.O.O.[Ti]. The van der Waals surface area contributed by atoms with Crippen LogP contribution in [0.3, 0.4) is 0 Å². The van der Waals surface area contributed by atoms with Gasteiger partial charge >= 0.3 is 0 Å². The minimum Gasteiger partial charge on any atom is -0.412 e. The topological polar surface area (TPSA) is 126 Å². The van der Waals surface area contributed by atoms with Crippen molar-refractivity contribution in [2.45, 2.75) is 182 Å². The maximum atomic E-state index is 2.29. The summed E-state index contributed by atoms with van der Waals surface area (Å²) in [4.78, 5) is 0. The first kappa shape index (κ1) is 56.2. The first-order valence-corrected chi connectivity index (χ1v) is 19.1. The maximum absolute atomic E-state index is 2.29. The van der Waals surface area contributed by atoms with Gasteiger partial charge in [0, 0.05) is 21.7 Å². The average molecular weight is 637 g/mol. The molecule has 244 valence electrons. The molecule has 0 bridgehead atoms. The van der Waals surface area contributed by atoms with E-state index in [1.54, 1.807) is 0 Å². The fourth-order valence-electron chi connectivity index (χ4n) is 4.37. The van der Waals surface area contributed by atoms with E-state index >= 15 is 0 Å². The minimum absolute atomic E-state index is 0. The van der Waals surface area contributed by atoms with E-state index in [0.29, 0.717) is 0 Å². The van der Waals surface area contributed by atoms with Crippen molar-refractivity contribution in [1.29, 1.82) is 0 Å². The molecule has 0 aromatic heterocycles. The van der Waals surface area contributed by atoms with Gasteiger partial charge in [-0.25, -0.2) is 0 Å². The predicted molar refractivity (Wildman–Crippen MR) is 184 cm³/mol. The van der Waals surface area contributed by atoms with Crippen LogP contribution in [0.15, 0.2) is 0 Å². The van der Waals surface area contributed by atoms with Crippen molar-refractivity contribution in [2.75, 3.05) is 24.6 Å². The third-order valence-electron chi connectivity index (χ3n) is 6.83. The van der Waals surface area contributed by atoms with E-state index in [-0.39, 0.29) is 43.6 Å². The maximum Gasteiger partial charge on any atom is 0 e. The van der Waals surface area contributed by atoms with E-state index < -0.39 is 0 Å². The Morgan fingerprint density at radius 1 is 0.256 bits per heavy atom. The quantitative estimate of drug-likeness (QED) is 0.0461. The predicted octanol–water partition coefficient (Wildman–Crippen LogP) is 9.47. The number of unbranched alkanes of at least 4 members (excludes halogenated alkanes) is 20. The summed E-state index contributed by atoms with van der Waals surface area (Å²) >= 11 is 0. The van der Waals surface area contributed by atoms with Crippen LogP contribution in [0, 0.1) is 0 Å². The number of rotatable bonds is 28. The summed E-state index contributed by atoms with van der Waals surface area (Å²) in [7, 11) is 2.51. The van der Waals surface area contributed by atoms with Gasteiger partial charge in [0.05, 0.1) is 0 Å². The van der Waals surface area contributed by atoms with E-state index in [1.165, 1.54) is 196 Å². The first-order valence-electron chi connectivity index (χ1n) is 16.2. The van der Waals surface area contributed by atoms with Crippen LogP contribution in [0.25, 0.3) is 0 Å². The van der Waals surface area contributed by atoms with Crippen molar-refractivity contribution in [1.82, 2.24) is 0 Å². The summed E-state index contributed by atoms with van der Waals surface area (Å²) in [5.74, 6) is 0. The van der Waals surface area contributed by atoms with E-state index in [1.807, 2.05) is 0 Å². The van der Waals surface area contributed by atoms with Crippen LogP contribution in [0.4, 0.5) is 0 Å². The van der Waals surface area contributed by atoms with Crippen molar-refractivity contribution in [3.63, 3.8) is 0 Å². The summed E-state index contributed by atoms with van der Waals surface area (Å²) in [6, 6.07) is 0. The molecular formula is C32H78O4P2Ti. The molecule has 0 aromatic carbocycles. The Bertz CT molecular complexity index is 273. The Morgan fingerprint density at radius 3 is 0.590 bits per heavy atom. The molecule has 7 heteroatoms. The van der Waals surface area contributed by atoms with Gasteiger partial charge in [-0.05, 0) is 50.3 Å². The summed E-state index contributed by atoms with van der Waals surface area (Å²) < 4.78 is 0. The van der Waals surface area contributed by atoms with E-state index in [4.69, 9.17) is 0 Å². The molecule has 0 fully saturated rings. The molecule has 39 heavy (non-hydrogen) atoms. The number of hydrogen-bond acceptors (Lipinski definition) is 0. The first-order chi connectivity index (χ1) is 16.8. The zero-order valence-corrected chi connectivity index (χ0v) is 30.9. The molecule has 0 aliphatic rings. The van der Waals surface area contributed by atoms with Crippen LogP contribution in [-0.4, -0.2) is 46.6 Å². The molecule has 0 radical (unpaired) electrons. The Kier molecular flexibility index (Phi) is 85.0. The second kappa shape index (κ2) is 58.9. The van der Waals surface area contributed by atoms with Gasteiger partial charge in [-0.2, -0.15) is 0 Å². The fraction of sp³-hybridized carbons (Fsp3) is 1.00. The molecule has 8 N–H and O–H groups in total.